The fraction of sp³-hybridized carbons (Fsp3) is 0. The molecule has 0 spiro atoms. The van der Waals surface area contributed by atoms with Crippen LogP contribution in [0.1, 0.15) is 20.7 Å². The average Bonchev–Trinajstić information content (AvgIpc) is 2.87. The standard InChI is InChI=1S/C30H19NO2/c31-24-11-8-19(9-12-24)27-15-22-7-6-20-2-1-3-21-10-13-25(29(22)28(20)21)30(27)26-14-18(16-32)4-5-23(26)17-33/h1-17H,31H2. The minimum absolute atomic E-state index is 0.532. The van der Waals surface area contributed by atoms with Crippen LogP contribution in [0, 0.1) is 0 Å². The van der Waals surface area contributed by atoms with E-state index in [0.29, 0.717) is 16.8 Å². The van der Waals surface area contributed by atoms with Gasteiger partial charge in [0.05, 0.1) is 0 Å². The van der Waals surface area contributed by atoms with E-state index in [2.05, 4.69) is 48.5 Å². The number of carbonyl (C=O) groups excluding carboxylic acids is 2. The Morgan fingerprint density at radius 2 is 1.33 bits per heavy atom. The van der Waals surface area contributed by atoms with Crippen LogP contribution in [0.2, 0.25) is 0 Å². The van der Waals surface area contributed by atoms with Crippen molar-refractivity contribution in [2.45, 2.75) is 0 Å². The summed E-state index contributed by atoms with van der Waals surface area (Å²) < 4.78 is 0. The average molecular weight is 425 g/mol. The Kier molecular flexibility index (Phi) is 4.24. The Morgan fingerprint density at radius 3 is 2.06 bits per heavy atom. The molecule has 0 bridgehead atoms. The topological polar surface area (TPSA) is 60.2 Å². The van der Waals surface area contributed by atoms with Crippen molar-refractivity contribution in [3.05, 3.63) is 102 Å². The summed E-state index contributed by atoms with van der Waals surface area (Å²) in [5.74, 6) is 0. The van der Waals surface area contributed by atoms with Gasteiger partial charge in [-0.15, -0.1) is 0 Å². The molecule has 3 nitrogen and oxygen atoms in total. The van der Waals surface area contributed by atoms with E-state index >= 15 is 0 Å². The molecule has 6 aromatic carbocycles. The summed E-state index contributed by atoms with van der Waals surface area (Å²) >= 11 is 0. The fourth-order valence-corrected chi connectivity index (χ4v) is 4.96. The molecule has 0 aliphatic carbocycles. The maximum Gasteiger partial charge on any atom is 0.150 e. The first kappa shape index (κ1) is 19.2. The van der Waals surface area contributed by atoms with Gasteiger partial charge in [-0.2, -0.15) is 0 Å². The van der Waals surface area contributed by atoms with Crippen LogP contribution in [0.3, 0.4) is 0 Å². The SMILES string of the molecule is Nc1ccc(-c2cc3ccc4cccc5ccc(c2-c2cc(C=O)ccc2C=O)c3c45)cc1. The van der Waals surface area contributed by atoms with Crippen molar-refractivity contribution in [2.24, 2.45) is 0 Å². The van der Waals surface area contributed by atoms with Gasteiger partial charge in [-0.05, 0) is 78.8 Å². The fourth-order valence-electron chi connectivity index (χ4n) is 4.96. The van der Waals surface area contributed by atoms with E-state index in [4.69, 9.17) is 5.73 Å². The summed E-state index contributed by atoms with van der Waals surface area (Å²) in [5.41, 5.74) is 11.4. The number of carbonyl (C=O) groups is 2. The van der Waals surface area contributed by atoms with Gasteiger partial charge in [-0.1, -0.05) is 66.7 Å². The second kappa shape index (κ2) is 7.28. The molecule has 33 heavy (non-hydrogen) atoms. The van der Waals surface area contributed by atoms with Crippen molar-refractivity contribution in [1.82, 2.24) is 0 Å². The molecule has 0 fully saturated rings. The molecular formula is C30H19NO2. The number of hydrogen-bond acceptors (Lipinski definition) is 3. The minimum atomic E-state index is 0.532. The van der Waals surface area contributed by atoms with E-state index in [1.54, 1.807) is 12.1 Å². The van der Waals surface area contributed by atoms with Crippen LogP contribution < -0.4 is 5.73 Å². The van der Waals surface area contributed by atoms with Gasteiger partial charge in [0.1, 0.15) is 6.29 Å². The molecule has 0 amide bonds. The quantitative estimate of drug-likeness (QED) is 0.186. The highest BCUT2D eigenvalue weighted by molar-refractivity contribution is 6.27. The van der Waals surface area contributed by atoms with Crippen LogP contribution in [0.15, 0.2) is 91.0 Å². The lowest BCUT2D eigenvalue weighted by molar-refractivity contribution is 0.111. The lowest BCUT2D eigenvalue weighted by Crippen LogP contribution is -1.96. The number of nitrogens with two attached hydrogens (primary N) is 1. The molecule has 0 atom stereocenters. The molecule has 0 saturated heterocycles. The van der Waals surface area contributed by atoms with E-state index in [1.165, 1.54) is 16.2 Å². The summed E-state index contributed by atoms with van der Waals surface area (Å²) in [5, 5.41) is 6.90. The third kappa shape index (κ3) is 2.90. The Morgan fingerprint density at radius 1 is 0.606 bits per heavy atom. The molecule has 2 N–H and O–H groups in total. The number of anilines is 1. The Balaban J connectivity index is 1.84. The first-order chi connectivity index (χ1) is 16.2. The number of aldehydes is 2. The Bertz CT molecular complexity index is 1680. The minimum Gasteiger partial charge on any atom is -0.399 e. The van der Waals surface area contributed by atoms with Gasteiger partial charge in [-0.25, -0.2) is 0 Å². The van der Waals surface area contributed by atoms with Crippen molar-refractivity contribution >= 4 is 50.6 Å². The normalized spacial score (nSPS) is 11.4. The molecule has 0 radical (unpaired) electrons. The number of rotatable bonds is 4. The largest absolute Gasteiger partial charge is 0.399 e. The van der Waals surface area contributed by atoms with Gasteiger partial charge in [0.2, 0.25) is 0 Å². The Labute approximate surface area is 190 Å². The third-order valence-electron chi connectivity index (χ3n) is 6.48. The predicted octanol–water partition coefficient (Wildman–Crippen LogP) is 7.13. The van der Waals surface area contributed by atoms with Gasteiger partial charge < -0.3 is 5.73 Å². The van der Waals surface area contributed by atoms with Crippen LogP contribution in [0.25, 0.3) is 54.6 Å². The molecule has 0 unspecified atom stereocenters. The second-order valence-electron chi connectivity index (χ2n) is 8.36. The molecule has 0 aromatic heterocycles. The lowest BCUT2D eigenvalue weighted by atomic mass is 9.83. The molecule has 156 valence electrons. The van der Waals surface area contributed by atoms with Crippen molar-refractivity contribution in [2.75, 3.05) is 5.73 Å². The summed E-state index contributed by atoms with van der Waals surface area (Å²) in [7, 11) is 0. The van der Waals surface area contributed by atoms with Crippen LogP contribution >= 0.6 is 0 Å². The monoisotopic (exact) mass is 425 g/mol. The van der Waals surface area contributed by atoms with Gasteiger partial charge in [0.25, 0.3) is 0 Å². The molecule has 6 rings (SSSR count). The van der Waals surface area contributed by atoms with Crippen LogP contribution in [0.4, 0.5) is 5.69 Å². The highest BCUT2D eigenvalue weighted by atomic mass is 16.1. The van der Waals surface area contributed by atoms with Crippen molar-refractivity contribution in [3.63, 3.8) is 0 Å². The smallest absolute Gasteiger partial charge is 0.150 e. The highest BCUT2D eigenvalue weighted by Crippen LogP contribution is 2.45. The molecular weight excluding hydrogens is 406 g/mol. The predicted molar refractivity (Wildman–Crippen MR) is 136 cm³/mol. The number of nitrogen functional groups attached to an aromatic ring is 1. The summed E-state index contributed by atoms with van der Waals surface area (Å²) in [4.78, 5) is 23.7. The summed E-state index contributed by atoms with van der Waals surface area (Å²) in [6, 6.07) is 30.0. The molecule has 0 aliphatic rings. The number of hydrogen-bond donors (Lipinski definition) is 1. The molecule has 0 saturated carbocycles. The summed E-state index contributed by atoms with van der Waals surface area (Å²) in [6.45, 7) is 0. The summed E-state index contributed by atoms with van der Waals surface area (Å²) in [6.07, 6.45) is 1.67. The van der Waals surface area contributed by atoms with E-state index in [9.17, 15) is 9.59 Å². The lowest BCUT2D eigenvalue weighted by Gasteiger charge is -2.20. The third-order valence-corrected chi connectivity index (χ3v) is 6.48. The zero-order chi connectivity index (χ0) is 22.5. The van der Waals surface area contributed by atoms with E-state index in [1.807, 2.05) is 30.3 Å². The van der Waals surface area contributed by atoms with Gasteiger partial charge in [0, 0.05) is 16.8 Å². The first-order valence-electron chi connectivity index (χ1n) is 10.8. The van der Waals surface area contributed by atoms with Gasteiger partial charge in [-0.3, -0.25) is 9.59 Å². The van der Waals surface area contributed by atoms with E-state index < -0.39 is 0 Å². The van der Waals surface area contributed by atoms with Crippen LogP contribution in [-0.4, -0.2) is 12.6 Å². The molecule has 0 aliphatic heterocycles. The van der Waals surface area contributed by atoms with Crippen LogP contribution in [0.5, 0.6) is 0 Å². The maximum absolute atomic E-state index is 12.1. The molecule has 6 aromatic rings. The maximum atomic E-state index is 12.1. The zero-order valence-corrected chi connectivity index (χ0v) is 17.7. The van der Waals surface area contributed by atoms with Crippen LogP contribution in [-0.2, 0) is 0 Å². The first-order valence-corrected chi connectivity index (χ1v) is 10.8. The van der Waals surface area contributed by atoms with Crippen molar-refractivity contribution in [1.29, 1.82) is 0 Å². The Hall–Kier alpha value is -4.50. The van der Waals surface area contributed by atoms with E-state index in [-0.39, 0.29) is 0 Å². The molecule has 3 heteroatoms. The van der Waals surface area contributed by atoms with Gasteiger partial charge in [0.15, 0.2) is 6.29 Å². The molecule has 0 heterocycles. The van der Waals surface area contributed by atoms with Crippen molar-refractivity contribution in [3.8, 4) is 22.3 Å². The zero-order valence-electron chi connectivity index (χ0n) is 17.7. The number of benzene rings is 6. The second-order valence-corrected chi connectivity index (χ2v) is 8.36. The van der Waals surface area contributed by atoms with Gasteiger partial charge >= 0.3 is 0 Å². The highest BCUT2D eigenvalue weighted by Gasteiger charge is 2.19. The van der Waals surface area contributed by atoms with Crippen molar-refractivity contribution < 1.29 is 9.59 Å². The van der Waals surface area contributed by atoms with E-state index in [0.717, 1.165) is 51.0 Å².